The molecular formula is C40H75NO5. The van der Waals surface area contributed by atoms with Gasteiger partial charge in [-0.1, -0.05) is 141 Å². The molecule has 0 aliphatic rings. The summed E-state index contributed by atoms with van der Waals surface area (Å²) in [7, 11) is 0. The van der Waals surface area contributed by atoms with E-state index in [2.05, 4.69) is 38.2 Å². The van der Waals surface area contributed by atoms with Gasteiger partial charge in [-0.05, 0) is 78.1 Å². The van der Waals surface area contributed by atoms with Crippen LogP contribution in [0.2, 0.25) is 0 Å². The average Bonchev–Trinajstić information content (AvgIpc) is 3.04. The van der Waals surface area contributed by atoms with Crippen molar-refractivity contribution < 1.29 is 24.3 Å². The molecule has 1 N–H and O–H groups in total. The Hall–Kier alpha value is -1.66. The molecule has 0 aliphatic heterocycles. The largest absolute Gasteiger partial charge is 0.444 e. The van der Waals surface area contributed by atoms with Gasteiger partial charge in [0.2, 0.25) is 0 Å². The van der Waals surface area contributed by atoms with Crippen molar-refractivity contribution in [1.82, 2.24) is 5.06 Å². The number of carbonyl (C=O) groups is 2. The summed E-state index contributed by atoms with van der Waals surface area (Å²) in [5, 5.41) is 11.2. The van der Waals surface area contributed by atoms with Crippen molar-refractivity contribution in [2.75, 3.05) is 0 Å². The van der Waals surface area contributed by atoms with Crippen LogP contribution in [0.5, 0.6) is 0 Å². The monoisotopic (exact) mass is 650 g/mol. The first kappa shape index (κ1) is 44.3. The number of hydroxylamine groups is 2. The molecule has 0 rings (SSSR count). The molecule has 0 spiro atoms. The zero-order chi connectivity index (χ0) is 33.9. The maximum Gasteiger partial charge on any atom is 0.307 e. The number of rotatable bonds is 34. The van der Waals surface area contributed by atoms with Gasteiger partial charge in [0.05, 0.1) is 0 Å². The summed E-state index contributed by atoms with van der Waals surface area (Å²) in [5.41, 5.74) is 0. The van der Waals surface area contributed by atoms with Crippen molar-refractivity contribution in [2.45, 2.75) is 220 Å². The summed E-state index contributed by atoms with van der Waals surface area (Å²) in [4.78, 5) is 24.4. The Kier molecular flexibility index (Phi) is 33.4. The first-order chi connectivity index (χ1) is 22.4. The molecule has 270 valence electrons. The highest BCUT2D eigenvalue weighted by Crippen LogP contribution is 2.14. The molecule has 0 radical (unpaired) electrons. The fourth-order valence-corrected chi connectivity index (χ4v) is 5.58. The number of carbonyl (C=O) groups excluding carboxylic acids is 2. The van der Waals surface area contributed by atoms with Gasteiger partial charge in [0, 0.05) is 12.8 Å². The Morgan fingerprint density at radius 3 is 1.04 bits per heavy atom. The Morgan fingerprint density at radius 1 is 0.478 bits per heavy atom. The molecule has 6 nitrogen and oxygen atoms in total. The lowest BCUT2D eigenvalue weighted by Crippen LogP contribution is -2.42. The Labute approximate surface area is 285 Å². The van der Waals surface area contributed by atoms with E-state index in [1.807, 2.05) is 0 Å². The maximum absolute atomic E-state index is 12.2. The van der Waals surface area contributed by atoms with Gasteiger partial charge in [0.15, 0.2) is 12.5 Å². The van der Waals surface area contributed by atoms with Crippen LogP contribution in [-0.2, 0) is 19.1 Å². The van der Waals surface area contributed by atoms with Crippen LogP contribution in [0.3, 0.4) is 0 Å². The molecule has 2 atom stereocenters. The molecule has 0 aromatic heterocycles. The van der Waals surface area contributed by atoms with E-state index < -0.39 is 12.5 Å². The summed E-state index contributed by atoms with van der Waals surface area (Å²) in [6.45, 7) is 7.69. The predicted octanol–water partition coefficient (Wildman–Crippen LogP) is 12.5. The quantitative estimate of drug-likeness (QED) is 0.0246. The van der Waals surface area contributed by atoms with E-state index in [0.717, 1.165) is 56.4 Å². The second kappa shape index (κ2) is 34.7. The van der Waals surface area contributed by atoms with Crippen molar-refractivity contribution >= 4 is 11.9 Å². The topological polar surface area (TPSA) is 76.1 Å². The Morgan fingerprint density at radius 2 is 0.739 bits per heavy atom. The number of allylic oxidation sites excluding steroid dienone is 4. The van der Waals surface area contributed by atoms with Gasteiger partial charge < -0.3 is 14.7 Å². The number of unbranched alkanes of at least 4 members (excludes halogenated alkanes) is 22. The minimum atomic E-state index is -0.877. The molecule has 0 bridgehead atoms. The lowest BCUT2D eigenvalue weighted by Gasteiger charge is -2.27. The van der Waals surface area contributed by atoms with Gasteiger partial charge in [-0.15, -0.1) is 5.06 Å². The number of nitrogens with zero attached hydrogens (tertiary/aromatic N) is 1. The van der Waals surface area contributed by atoms with E-state index in [1.54, 1.807) is 13.8 Å². The van der Waals surface area contributed by atoms with Crippen LogP contribution in [0.15, 0.2) is 24.3 Å². The maximum atomic E-state index is 12.2. The molecule has 0 amide bonds. The molecule has 0 aliphatic carbocycles. The van der Waals surface area contributed by atoms with Crippen LogP contribution >= 0.6 is 0 Å². The SMILES string of the molecule is CCCCCCCCC=CCCCCCCCC(=O)OC(C)N(O)C(C)OC(=O)CCCCCCCC=CCCCCCCCC. The lowest BCUT2D eigenvalue weighted by atomic mass is 10.1. The van der Waals surface area contributed by atoms with Gasteiger partial charge in [-0.25, -0.2) is 0 Å². The molecule has 2 unspecified atom stereocenters. The summed E-state index contributed by atoms with van der Waals surface area (Å²) in [6.07, 6.45) is 39.7. The summed E-state index contributed by atoms with van der Waals surface area (Å²) >= 11 is 0. The van der Waals surface area contributed by atoms with Crippen LogP contribution in [0.25, 0.3) is 0 Å². The first-order valence-corrected chi connectivity index (χ1v) is 19.6. The van der Waals surface area contributed by atoms with E-state index >= 15 is 0 Å². The highest BCUT2D eigenvalue weighted by atomic mass is 16.7. The van der Waals surface area contributed by atoms with Gasteiger partial charge in [0.1, 0.15) is 0 Å². The van der Waals surface area contributed by atoms with E-state index in [1.165, 1.54) is 116 Å². The van der Waals surface area contributed by atoms with Crippen molar-refractivity contribution in [3.8, 4) is 0 Å². The van der Waals surface area contributed by atoms with Gasteiger partial charge in [0.25, 0.3) is 0 Å². The van der Waals surface area contributed by atoms with E-state index in [-0.39, 0.29) is 11.9 Å². The molecule has 0 saturated carbocycles. The number of ether oxygens (including phenoxy) is 2. The average molecular weight is 650 g/mol. The number of hydrogen-bond donors (Lipinski definition) is 1. The summed E-state index contributed by atoms with van der Waals surface area (Å²) < 4.78 is 10.7. The fraction of sp³-hybridized carbons (Fsp3) is 0.850. The van der Waals surface area contributed by atoms with Crippen LogP contribution in [0.1, 0.15) is 207 Å². The van der Waals surface area contributed by atoms with E-state index in [9.17, 15) is 14.8 Å². The zero-order valence-electron chi connectivity index (χ0n) is 30.8. The molecule has 46 heavy (non-hydrogen) atoms. The molecule has 0 aromatic carbocycles. The smallest absolute Gasteiger partial charge is 0.307 e. The first-order valence-electron chi connectivity index (χ1n) is 19.6. The van der Waals surface area contributed by atoms with Crippen LogP contribution in [-0.4, -0.2) is 34.7 Å². The minimum absolute atomic E-state index is 0.333. The van der Waals surface area contributed by atoms with Gasteiger partial charge >= 0.3 is 11.9 Å². The molecule has 0 aromatic rings. The molecule has 0 fully saturated rings. The van der Waals surface area contributed by atoms with Crippen LogP contribution in [0, 0.1) is 0 Å². The van der Waals surface area contributed by atoms with E-state index in [0.29, 0.717) is 12.8 Å². The minimum Gasteiger partial charge on any atom is -0.444 e. The fourth-order valence-electron chi connectivity index (χ4n) is 5.58. The number of hydrogen-bond acceptors (Lipinski definition) is 6. The third-order valence-electron chi connectivity index (χ3n) is 8.63. The second-order valence-corrected chi connectivity index (χ2v) is 13.2. The third kappa shape index (κ3) is 31.0. The molecule has 0 saturated heterocycles. The van der Waals surface area contributed by atoms with Crippen molar-refractivity contribution in [3.05, 3.63) is 24.3 Å². The number of esters is 2. The van der Waals surface area contributed by atoms with Crippen molar-refractivity contribution in [1.29, 1.82) is 0 Å². The van der Waals surface area contributed by atoms with Gasteiger partial charge in [-0.2, -0.15) is 0 Å². The van der Waals surface area contributed by atoms with Crippen LogP contribution < -0.4 is 0 Å². The molecule has 6 heteroatoms. The summed E-state index contributed by atoms with van der Waals surface area (Å²) in [6, 6.07) is 0. The second-order valence-electron chi connectivity index (χ2n) is 13.2. The highest BCUT2D eigenvalue weighted by Gasteiger charge is 2.24. The van der Waals surface area contributed by atoms with Gasteiger partial charge in [-0.3, -0.25) is 9.59 Å². The molecular weight excluding hydrogens is 574 g/mol. The van der Waals surface area contributed by atoms with Crippen molar-refractivity contribution in [3.63, 3.8) is 0 Å². The Balaban J connectivity index is 3.70. The standard InChI is InChI=1S/C40H75NO5/c1-5-7-9-11-13-15-17-19-21-23-25-27-29-31-33-35-39(42)45-37(3)41(44)38(4)46-40(43)36-34-32-30-28-26-24-22-20-18-16-14-12-10-8-6-2/h19-22,37-38,44H,5-18,23-36H2,1-4H3. The summed E-state index contributed by atoms with van der Waals surface area (Å²) in [5.74, 6) is -0.674. The molecule has 0 heterocycles. The van der Waals surface area contributed by atoms with Crippen molar-refractivity contribution in [2.24, 2.45) is 0 Å². The predicted molar refractivity (Wildman–Crippen MR) is 194 cm³/mol. The van der Waals surface area contributed by atoms with Crippen LogP contribution in [0.4, 0.5) is 0 Å². The lowest BCUT2D eigenvalue weighted by molar-refractivity contribution is -0.271. The Bertz CT molecular complexity index is 677. The zero-order valence-corrected chi connectivity index (χ0v) is 30.8. The van der Waals surface area contributed by atoms with E-state index in [4.69, 9.17) is 9.47 Å². The highest BCUT2D eigenvalue weighted by molar-refractivity contribution is 5.70. The normalized spacial score (nSPS) is 13.2. The third-order valence-corrected chi connectivity index (χ3v) is 8.63.